The SMILES string of the molecule is OC[C@H]1CCN2CCC[C@H]12. The number of aliphatic hydroxyl groups excluding tert-OH is 1. The molecule has 0 aromatic carbocycles. The summed E-state index contributed by atoms with van der Waals surface area (Å²) in [6.07, 6.45) is 3.90. The van der Waals surface area contributed by atoms with Crippen molar-refractivity contribution in [3.8, 4) is 0 Å². The van der Waals surface area contributed by atoms with Crippen molar-refractivity contribution in [3.63, 3.8) is 0 Å². The van der Waals surface area contributed by atoms with Crippen LogP contribution in [0.1, 0.15) is 19.3 Å². The van der Waals surface area contributed by atoms with Crippen molar-refractivity contribution in [3.05, 3.63) is 0 Å². The summed E-state index contributed by atoms with van der Waals surface area (Å²) in [4.78, 5) is 2.53. The Bertz CT molecular complexity index is 126. The number of nitrogens with zero attached hydrogens (tertiary/aromatic N) is 1. The van der Waals surface area contributed by atoms with Crippen LogP contribution in [0, 0.1) is 5.92 Å². The lowest BCUT2D eigenvalue weighted by molar-refractivity contribution is 0.191. The van der Waals surface area contributed by atoms with E-state index >= 15 is 0 Å². The highest BCUT2D eigenvalue weighted by molar-refractivity contribution is 4.90. The van der Waals surface area contributed by atoms with Crippen LogP contribution in [0.3, 0.4) is 0 Å². The molecule has 0 unspecified atom stereocenters. The predicted molar refractivity (Wildman–Crippen MR) is 39.8 cm³/mol. The second-order valence-electron chi connectivity index (χ2n) is 3.48. The highest BCUT2D eigenvalue weighted by atomic mass is 16.3. The summed E-state index contributed by atoms with van der Waals surface area (Å²) in [5.74, 6) is 0.600. The van der Waals surface area contributed by atoms with Gasteiger partial charge in [0, 0.05) is 12.6 Å². The molecule has 2 fully saturated rings. The first kappa shape index (κ1) is 6.62. The zero-order valence-electron chi connectivity index (χ0n) is 6.29. The zero-order chi connectivity index (χ0) is 6.97. The molecule has 0 spiro atoms. The third-order valence-electron chi connectivity index (χ3n) is 2.98. The van der Waals surface area contributed by atoms with Crippen LogP contribution in [0.2, 0.25) is 0 Å². The summed E-state index contributed by atoms with van der Waals surface area (Å²) >= 11 is 0. The second-order valence-corrected chi connectivity index (χ2v) is 3.48. The summed E-state index contributed by atoms with van der Waals surface area (Å²) in [5, 5.41) is 8.99. The molecule has 0 amide bonds. The molecule has 2 aliphatic rings. The first-order chi connectivity index (χ1) is 4.92. The summed E-state index contributed by atoms with van der Waals surface area (Å²) in [5.41, 5.74) is 0. The van der Waals surface area contributed by atoms with Gasteiger partial charge in [0.2, 0.25) is 0 Å². The number of rotatable bonds is 1. The van der Waals surface area contributed by atoms with Crippen LogP contribution in [-0.2, 0) is 0 Å². The highest BCUT2D eigenvalue weighted by Crippen LogP contribution is 2.31. The minimum atomic E-state index is 0.404. The maximum absolute atomic E-state index is 8.99. The first-order valence-corrected chi connectivity index (χ1v) is 4.26. The van der Waals surface area contributed by atoms with Crippen LogP contribution in [0.25, 0.3) is 0 Å². The van der Waals surface area contributed by atoms with Gasteiger partial charge in [0.05, 0.1) is 0 Å². The third-order valence-corrected chi connectivity index (χ3v) is 2.98. The monoisotopic (exact) mass is 141 g/mol. The molecule has 1 N–H and O–H groups in total. The van der Waals surface area contributed by atoms with Gasteiger partial charge in [-0.2, -0.15) is 0 Å². The van der Waals surface area contributed by atoms with E-state index in [1.54, 1.807) is 0 Å². The zero-order valence-corrected chi connectivity index (χ0v) is 6.29. The quantitative estimate of drug-likeness (QED) is 0.573. The fourth-order valence-electron chi connectivity index (χ4n) is 2.40. The third kappa shape index (κ3) is 0.867. The van der Waals surface area contributed by atoms with Gasteiger partial charge in [-0.25, -0.2) is 0 Å². The van der Waals surface area contributed by atoms with Crippen LogP contribution >= 0.6 is 0 Å². The molecule has 0 aliphatic carbocycles. The van der Waals surface area contributed by atoms with Gasteiger partial charge >= 0.3 is 0 Å². The van der Waals surface area contributed by atoms with E-state index < -0.39 is 0 Å². The summed E-state index contributed by atoms with van der Waals surface area (Å²) < 4.78 is 0. The van der Waals surface area contributed by atoms with E-state index in [9.17, 15) is 0 Å². The van der Waals surface area contributed by atoms with Crippen molar-refractivity contribution in [2.75, 3.05) is 19.7 Å². The van der Waals surface area contributed by atoms with Crippen molar-refractivity contribution < 1.29 is 5.11 Å². The normalized spacial score (nSPS) is 40.5. The molecule has 2 rings (SSSR count). The molecule has 2 atom stereocenters. The van der Waals surface area contributed by atoms with Crippen molar-refractivity contribution in [1.82, 2.24) is 4.90 Å². The van der Waals surface area contributed by atoms with E-state index in [0.717, 1.165) is 6.04 Å². The Hall–Kier alpha value is -0.0800. The Morgan fingerprint density at radius 1 is 1.30 bits per heavy atom. The predicted octanol–water partition coefficient (Wildman–Crippen LogP) is 0.463. The Labute approximate surface area is 61.8 Å². The first-order valence-electron chi connectivity index (χ1n) is 4.26. The van der Waals surface area contributed by atoms with Gasteiger partial charge in [-0.1, -0.05) is 0 Å². The standard InChI is InChI=1S/C8H15NO/c10-6-7-3-5-9-4-1-2-8(7)9/h7-8,10H,1-6H2/t7-,8-/m1/s1. The molecule has 10 heavy (non-hydrogen) atoms. The van der Waals surface area contributed by atoms with Crippen molar-refractivity contribution >= 4 is 0 Å². The maximum atomic E-state index is 8.99. The molecule has 0 radical (unpaired) electrons. The number of fused-ring (bicyclic) bond motifs is 1. The summed E-state index contributed by atoms with van der Waals surface area (Å²) in [6, 6.07) is 0.741. The maximum Gasteiger partial charge on any atom is 0.0474 e. The van der Waals surface area contributed by atoms with E-state index in [1.807, 2.05) is 0 Å². The molecule has 0 aromatic heterocycles. The van der Waals surface area contributed by atoms with Crippen LogP contribution in [-0.4, -0.2) is 35.7 Å². The Morgan fingerprint density at radius 3 is 3.00 bits per heavy atom. The molecule has 0 saturated carbocycles. The van der Waals surface area contributed by atoms with Gasteiger partial charge in [0.1, 0.15) is 0 Å². The van der Waals surface area contributed by atoms with Gasteiger partial charge in [-0.05, 0) is 38.3 Å². The van der Waals surface area contributed by atoms with Crippen molar-refractivity contribution in [1.29, 1.82) is 0 Å². The molecule has 2 heterocycles. The van der Waals surface area contributed by atoms with Crippen molar-refractivity contribution in [2.24, 2.45) is 5.92 Å². The van der Waals surface area contributed by atoms with Crippen LogP contribution in [0.4, 0.5) is 0 Å². The van der Waals surface area contributed by atoms with Gasteiger partial charge in [0.15, 0.2) is 0 Å². The van der Waals surface area contributed by atoms with E-state index in [0.29, 0.717) is 12.5 Å². The number of hydrogen-bond acceptors (Lipinski definition) is 2. The van der Waals surface area contributed by atoms with Gasteiger partial charge in [-0.15, -0.1) is 0 Å². The largest absolute Gasteiger partial charge is 0.396 e. The molecule has 2 aliphatic heterocycles. The van der Waals surface area contributed by atoms with E-state index in [2.05, 4.69) is 4.90 Å². The van der Waals surface area contributed by atoms with Gasteiger partial charge in [0.25, 0.3) is 0 Å². The fourth-order valence-corrected chi connectivity index (χ4v) is 2.40. The molecular weight excluding hydrogens is 126 g/mol. The molecule has 2 nitrogen and oxygen atoms in total. The van der Waals surface area contributed by atoms with E-state index in [-0.39, 0.29) is 0 Å². The van der Waals surface area contributed by atoms with Gasteiger partial charge in [-0.3, -0.25) is 0 Å². The molecule has 58 valence electrons. The molecule has 2 heteroatoms. The topological polar surface area (TPSA) is 23.5 Å². The Balaban J connectivity index is 2.01. The Kier molecular flexibility index (Phi) is 1.66. The molecule has 2 saturated heterocycles. The average Bonchev–Trinajstić information content (AvgIpc) is 2.44. The van der Waals surface area contributed by atoms with E-state index in [1.165, 1.54) is 32.4 Å². The van der Waals surface area contributed by atoms with Gasteiger partial charge < -0.3 is 10.0 Å². The fraction of sp³-hybridized carbons (Fsp3) is 1.00. The lowest BCUT2D eigenvalue weighted by Crippen LogP contribution is -2.27. The number of aliphatic hydroxyl groups is 1. The second kappa shape index (κ2) is 2.51. The van der Waals surface area contributed by atoms with Crippen LogP contribution < -0.4 is 0 Å². The van der Waals surface area contributed by atoms with Crippen LogP contribution in [0.5, 0.6) is 0 Å². The van der Waals surface area contributed by atoms with Crippen molar-refractivity contribution in [2.45, 2.75) is 25.3 Å². The molecular formula is C8H15NO. The summed E-state index contributed by atoms with van der Waals surface area (Å²) in [6.45, 7) is 2.91. The smallest absolute Gasteiger partial charge is 0.0474 e. The molecule has 0 bridgehead atoms. The minimum Gasteiger partial charge on any atom is -0.396 e. The van der Waals surface area contributed by atoms with E-state index in [4.69, 9.17) is 5.11 Å². The lowest BCUT2D eigenvalue weighted by atomic mass is 10.00. The summed E-state index contributed by atoms with van der Waals surface area (Å²) in [7, 11) is 0. The lowest BCUT2D eigenvalue weighted by Gasteiger charge is -2.17. The highest BCUT2D eigenvalue weighted by Gasteiger charge is 2.36. The molecule has 0 aromatic rings. The minimum absolute atomic E-state index is 0.404. The Morgan fingerprint density at radius 2 is 2.20 bits per heavy atom. The number of hydrogen-bond donors (Lipinski definition) is 1. The van der Waals surface area contributed by atoms with Crippen LogP contribution in [0.15, 0.2) is 0 Å². The average molecular weight is 141 g/mol.